The summed E-state index contributed by atoms with van der Waals surface area (Å²) in [6.07, 6.45) is 5.20. The molecule has 120 valence electrons. The van der Waals surface area contributed by atoms with Gasteiger partial charge >= 0.3 is 0 Å². The van der Waals surface area contributed by atoms with Gasteiger partial charge in [0.1, 0.15) is 0 Å². The Balaban J connectivity index is 1.48. The summed E-state index contributed by atoms with van der Waals surface area (Å²) >= 11 is 0. The Labute approximate surface area is 135 Å². The third-order valence-electron chi connectivity index (χ3n) is 4.73. The van der Waals surface area contributed by atoms with E-state index in [4.69, 9.17) is 0 Å². The molecule has 2 atom stereocenters. The highest BCUT2D eigenvalue weighted by Crippen LogP contribution is 2.22. The maximum Gasteiger partial charge on any atom is 0.224 e. The van der Waals surface area contributed by atoms with E-state index in [1.54, 1.807) is 4.68 Å². The minimum absolute atomic E-state index is 0.117. The van der Waals surface area contributed by atoms with Crippen molar-refractivity contribution in [1.82, 2.24) is 25.2 Å². The van der Waals surface area contributed by atoms with Gasteiger partial charge in [-0.1, -0.05) is 29.8 Å². The van der Waals surface area contributed by atoms with Crippen molar-refractivity contribution in [2.24, 2.45) is 5.92 Å². The van der Waals surface area contributed by atoms with E-state index < -0.39 is 0 Å². The van der Waals surface area contributed by atoms with Gasteiger partial charge in [-0.3, -0.25) is 9.69 Å². The normalized spacial score (nSPS) is 25.0. The Kier molecular flexibility index (Phi) is 3.83. The van der Waals surface area contributed by atoms with Crippen LogP contribution in [0, 0.1) is 5.92 Å². The van der Waals surface area contributed by atoms with Crippen LogP contribution in [0.15, 0.2) is 36.5 Å². The minimum Gasteiger partial charge on any atom is -0.352 e. The molecule has 2 aliphatic heterocycles. The number of amides is 1. The number of hydrogen-bond acceptors (Lipinski definition) is 4. The highest BCUT2D eigenvalue weighted by molar-refractivity contribution is 5.79. The second kappa shape index (κ2) is 6.12. The third-order valence-corrected chi connectivity index (χ3v) is 4.73. The number of nitrogens with one attached hydrogen (secondary N) is 1. The largest absolute Gasteiger partial charge is 0.352 e. The predicted molar refractivity (Wildman–Crippen MR) is 85.9 cm³/mol. The first-order valence-electron chi connectivity index (χ1n) is 8.27. The third kappa shape index (κ3) is 3.12. The van der Waals surface area contributed by atoms with Crippen LogP contribution >= 0.6 is 0 Å². The first-order valence-corrected chi connectivity index (χ1v) is 8.27. The second-order valence-electron chi connectivity index (χ2n) is 6.52. The molecule has 0 saturated carbocycles. The molecule has 1 amide bonds. The molecule has 23 heavy (non-hydrogen) atoms. The molecule has 2 bridgehead atoms. The second-order valence-corrected chi connectivity index (χ2v) is 6.52. The molecule has 0 radical (unpaired) electrons. The first-order chi connectivity index (χ1) is 11.3. The smallest absolute Gasteiger partial charge is 0.224 e. The van der Waals surface area contributed by atoms with E-state index in [2.05, 4.69) is 20.5 Å². The lowest BCUT2D eigenvalue weighted by Crippen LogP contribution is -2.38. The van der Waals surface area contributed by atoms with E-state index in [-0.39, 0.29) is 17.9 Å². The fourth-order valence-electron chi connectivity index (χ4n) is 3.58. The van der Waals surface area contributed by atoms with Crippen LogP contribution in [0.1, 0.15) is 25.0 Å². The number of para-hydroxylation sites is 1. The fraction of sp³-hybridized carbons (Fsp3) is 0.471. The average molecular weight is 311 g/mol. The van der Waals surface area contributed by atoms with Crippen molar-refractivity contribution in [2.45, 2.75) is 31.8 Å². The van der Waals surface area contributed by atoms with Crippen LogP contribution in [-0.4, -0.2) is 44.9 Å². The Morgan fingerprint density at radius 1 is 1.17 bits per heavy atom. The topological polar surface area (TPSA) is 63.1 Å². The Morgan fingerprint density at radius 2 is 2.04 bits per heavy atom. The molecule has 1 aromatic carbocycles. The summed E-state index contributed by atoms with van der Waals surface area (Å²) in [6.45, 7) is 2.47. The molecular weight excluding hydrogens is 290 g/mol. The van der Waals surface area contributed by atoms with E-state index in [0.717, 1.165) is 50.3 Å². The predicted octanol–water partition coefficient (Wildman–Crippen LogP) is 1.37. The lowest BCUT2D eigenvalue weighted by Gasteiger charge is -2.26. The molecule has 2 aliphatic rings. The molecule has 2 aromatic rings. The number of carbonyl (C=O) groups is 1. The van der Waals surface area contributed by atoms with Crippen LogP contribution in [0.2, 0.25) is 0 Å². The van der Waals surface area contributed by atoms with Crippen molar-refractivity contribution in [1.29, 1.82) is 0 Å². The highest BCUT2D eigenvalue weighted by atomic mass is 16.2. The van der Waals surface area contributed by atoms with Crippen molar-refractivity contribution < 1.29 is 4.79 Å². The molecule has 3 heterocycles. The number of benzene rings is 1. The maximum absolute atomic E-state index is 12.1. The van der Waals surface area contributed by atoms with E-state index in [1.165, 1.54) is 0 Å². The summed E-state index contributed by atoms with van der Waals surface area (Å²) in [5.74, 6) is 0.342. The Bertz CT molecular complexity index is 683. The van der Waals surface area contributed by atoms with Crippen molar-refractivity contribution in [3.8, 4) is 5.69 Å². The van der Waals surface area contributed by atoms with Crippen molar-refractivity contribution in [3.05, 3.63) is 42.2 Å². The van der Waals surface area contributed by atoms with Crippen molar-refractivity contribution >= 4 is 5.91 Å². The zero-order chi connectivity index (χ0) is 15.6. The summed E-state index contributed by atoms with van der Waals surface area (Å²) in [5.41, 5.74) is 1.96. The molecule has 2 saturated heterocycles. The number of carbonyl (C=O) groups excluding carboxylic acids is 1. The quantitative estimate of drug-likeness (QED) is 0.930. The standard InChI is InChI=1S/C17H21N5O/c23-17-13-5-4-6-14(18-17)10-21(9-13)11-15-12-22(20-19-15)16-7-2-1-3-8-16/h1-3,7-8,12-14H,4-6,9-11H2,(H,18,23)/t13-,14-/m1/s1. The van der Waals surface area contributed by atoms with Gasteiger partial charge in [0, 0.05) is 25.7 Å². The van der Waals surface area contributed by atoms with Crippen LogP contribution in [0.5, 0.6) is 0 Å². The molecule has 0 aliphatic carbocycles. The van der Waals surface area contributed by atoms with Gasteiger partial charge in [-0.05, 0) is 25.0 Å². The van der Waals surface area contributed by atoms with Crippen LogP contribution < -0.4 is 5.32 Å². The van der Waals surface area contributed by atoms with Gasteiger partial charge in [-0.15, -0.1) is 5.10 Å². The number of fused-ring (bicyclic) bond motifs is 3. The summed E-state index contributed by atoms with van der Waals surface area (Å²) < 4.78 is 1.80. The van der Waals surface area contributed by atoms with Crippen molar-refractivity contribution in [2.75, 3.05) is 13.1 Å². The zero-order valence-electron chi connectivity index (χ0n) is 13.1. The van der Waals surface area contributed by atoms with E-state index in [1.807, 2.05) is 36.5 Å². The van der Waals surface area contributed by atoms with Gasteiger partial charge in [0.15, 0.2) is 0 Å². The average Bonchev–Trinajstić information content (AvgIpc) is 2.87. The monoisotopic (exact) mass is 311 g/mol. The Morgan fingerprint density at radius 3 is 2.91 bits per heavy atom. The van der Waals surface area contributed by atoms with Crippen molar-refractivity contribution in [3.63, 3.8) is 0 Å². The van der Waals surface area contributed by atoms with Gasteiger partial charge < -0.3 is 5.32 Å². The van der Waals surface area contributed by atoms with Gasteiger partial charge in [0.2, 0.25) is 5.91 Å². The summed E-state index contributed by atoms with van der Waals surface area (Å²) in [6, 6.07) is 10.3. The number of hydrogen-bond donors (Lipinski definition) is 1. The summed E-state index contributed by atoms with van der Waals surface area (Å²) in [7, 11) is 0. The first kappa shape index (κ1) is 14.4. The number of aromatic nitrogens is 3. The molecule has 0 unspecified atom stereocenters. The summed E-state index contributed by atoms with van der Waals surface area (Å²) in [4.78, 5) is 14.5. The van der Waals surface area contributed by atoms with Crippen LogP contribution in [0.3, 0.4) is 0 Å². The molecule has 6 nitrogen and oxygen atoms in total. The molecular formula is C17H21N5O. The van der Waals surface area contributed by atoms with Gasteiger partial charge in [-0.2, -0.15) is 0 Å². The maximum atomic E-state index is 12.1. The molecule has 1 aromatic heterocycles. The highest BCUT2D eigenvalue weighted by Gasteiger charge is 2.32. The molecule has 1 N–H and O–H groups in total. The Hall–Kier alpha value is -2.21. The SMILES string of the molecule is O=C1N[C@@H]2CCC[C@@H]1CN(Cc1cn(-c3ccccc3)nn1)C2. The lowest BCUT2D eigenvalue weighted by molar-refractivity contribution is -0.124. The van der Waals surface area contributed by atoms with E-state index >= 15 is 0 Å². The molecule has 4 rings (SSSR count). The summed E-state index contributed by atoms with van der Waals surface area (Å²) in [5, 5.41) is 11.7. The van der Waals surface area contributed by atoms with Gasteiger partial charge in [0.25, 0.3) is 0 Å². The lowest BCUT2D eigenvalue weighted by atomic mass is 9.99. The molecule has 6 heteroatoms. The number of nitrogens with zero attached hydrogens (tertiary/aromatic N) is 4. The van der Waals surface area contributed by atoms with Crippen LogP contribution in [0.25, 0.3) is 5.69 Å². The van der Waals surface area contributed by atoms with Crippen LogP contribution in [-0.2, 0) is 11.3 Å². The fourth-order valence-corrected chi connectivity index (χ4v) is 3.58. The molecule has 2 fully saturated rings. The zero-order valence-corrected chi connectivity index (χ0v) is 13.1. The minimum atomic E-state index is 0.117. The van der Waals surface area contributed by atoms with Crippen LogP contribution in [0.4, 0.5) is 0 Å². The van der Waals surface area contributed by atoms with Gasteiger partial charge in [-0.25, -0.2) is 4.68 Å². The van der Waals surface area contributed by atoms with E-state index in [0.29, 0.717) is 0 Å². The molecule has 0 spiro atoms. The number of likely N-dealkylation sites (tertiary alicyclic amines) is 1. The number of rotatable bonds is 3. The van der Waals surface area contributed by atoms with Gasteiger partial charge in [0.05, 0.1) is 23.5 Å². The van der Waals surface area contributed by atoms with E-state index in [9.17, 15) is 4.79 Å².